The lowest BCUT2D eigenvalue weighted by Crippen LogP contribution is -2.41. The van der Waals surface area contributed by atoms with Gasteiger partial charge in [0.2, 0.25) is 5.91 Å². The number of primary amides is 1. The van der Waals surface area contributed by atoms with E-state index in [0.717, 1.165) is 49.6 Å². The van der Waals surface area contributed by atoms with Crippen molar-refractivity contribution in [1.82, 2.24) is 4.90 Å². The SMILES string of the molecule is CCN(CC)c1ccc(C(=S)N2CCC(C(N)=O)CC2)cc1. The number of thiocarbonyl (C=S) groups is 1. The summed E-state index contributed by atoms with van der Waals surface area (Å²) in [6.45, 7) is 7.94. The molecular formula is C17H25N3OS. The Labute approximate surface area is 138 Å². The zero-order chi connectivity index (χ0) is 16.1. The van der Waals surface area contributed by atoms with Crippen LogP contribution in [0.5, 0.6) is 0 Å². The number of carbonyl (C=O) groups is 1. The molecule has 0 atom stereocenters. The second-order valence-electron chi connectivity index (χ2n) is 5.69. The number of hydrogen-bond donors (Lipinski definition) is 1. The van der Waals surface area contributed by atoms with Crippen molar-refractivity contribution in [2.24, 2.45) is 11.7 Å². The first-order valence-electron chi connectivity index (χ1n) is 8.00. The third-order valence-corrected chi connectivity index (χ3v) is 4.92. The Hall–Kier alpha value is -1.62. The summed E-state index contributed by atoms with van der Waals surface area (Å²) in [4.78, 5) is 16.6. The summed E-state index contributed by atoms with van der Waals surface area (Å²) in [6.07, 6.45) is 1.60. The molecule has 2 rings (SSSR count). The topological polar surface area (TPSA) is 49.6 Å². The average molecular weight is 319 g/mol. The summed E-state index contributed by atoms with van der Waals surface area (Å²) in [7, 11) is 0. The van der Waals surface area contributed by atoms with Gasteiger partial charge in [0.15, 0.2) is 0 Å². The van der Waals surface area contributed by atoms with Crippen molar-refractivity contribution in [1.29, 1.82) is 0 Å². The van der Waals surface area contributed by atoms with Crippen LogP contribution < -0.4 is 10.6 Å². The highest BCUT2D eigenvalue weighted by Crippen LogP contribution is 2.21. The maximum Gasteiger partial charge on any atom is 0.220 e. The number of nitrogens with two attached hydrogens (primary N) is 1. The van der Waals surface area contributed by atoms with Gasteiger partial charge in [-0.15, -0.1) is 0 Å². The van der Waals surface area contributed by atoms with Crippen molar-refractivity contribution >= 4 is 28.8 Å². The molecular weight excluding hydrogens is 294 g/mol. The van der Waals surface area contributed by atoms with Crippen LogP contribution >= 0.6 is 12.2 Å². The Morgan fingerprint density at radius 2 is 1.77 bits per heavy atom. The Kier molecular flexibility index (Phi) is 5.77. The molecule has 1 aromatic rings. The standard InChI is InChI=1S/C17H25N3OS/c1-3-19(4-2)15-7-5-14(6-8-15)17(22)20-11-9-13(10-12-20)16(18)21/h5-8,13H,3-4,9-12H2,1-2H3,(H2,18,21). The molecule has 0 aliphatic carbocycles. The van der Waals surface area contributed by atoms with Crippen LogP contribution in [-0.2, 0) is 4.79 Å². The molecule has 22 heavy (non-hydrogen) atoms. The molecule has 1 heterocycles. The monoisotopic (exact) mass is 319 g/mol. The predicted octanol–water partition coefficient (Wildman–Crippen LogP) is 2.41. The van der Waals surface area contributed by atoms with Crippen LogP contribution in [0.25, 0.3) is 0 Å². The zero-order valence-corrected chi connectivity index (χ0v) is 14.2. The van der Waals surface area contributed by atoms with Crippen molar-refractivity contribution in [2.75, 3.05) is 31.1 Å². The summed E-state index contributed by atoms with van der Waals surface area (Å²) >= 11 is 5.61. The molecule has 1 fully saturated rings. The molecule has 120 valence electrons. The number of hydrogen-bond acceptors (Lipinski definition) is 3. The lowest BCUT2D eigenvalue weighted by atomic mass is 9.96. The molecule has 0 bridgehead atoms. The van der Waals surface area contributed by atoms with Gasteiger partial charge in [-0.25, -0.2) is 0 Å². The molecule has 0 spiro atoms. The van der Waals surface area contributed by atoms with Gasteiger partial charge in [0.05, 0.1) is 0 Å². The van der Waals surface area contributed by atoms with Gasteiger partial charge in [0.1, 0.15) is 4.99 Å². The fourth-order valence-corrected chi connectivity index (χ4v) is 3.27. The molecule has 1 aliphatic heterocycles. The minimum Gasteiger partial charge on any atom is -0.372 e. The number of amides is 1. The normalized spacial score (nSPS) is 15.6. The lowest BCUT2D eigenvalue weighted by Gasteiger charge is -2.32. The van der Waals surface area contributed by atoms with E-state index in [-0.39, 0.29) is 11.8 Å². The largest absolute Gasteiger partial charge is 0.372 e. The van der Waals surface area contributed by atoms with Crippen molar-refractivity contribution < 1.29 is 4.79 Å². The number of carbonyl (C=O) groups excluding carboxylic acids is 1. The van der Waals surface area contributed by atoms with Crippen LogP contribution in [0.15, 0.2) is 24.3 Å². The summed E-state index contributed by atoms with van der Waals surface area (Å²) in [5, 5.41) is 0. The number of rotatable bonds is 5. The molecule has 0 unspecified atom stereocenters. The van der Waals surface area contributed by atoms with E-state index in [4.69, 9.17) is 18.0 Å². The van der Waals surface area contributed by atoms with E-state index < -0.39 is 0 Å². The first-order chi connectivity index (χ1) is 10.6. The van der Waals surface area contributed by atoms with Gasteiger partial charge in [-0.3, -0.25) is 4.79 Å². The predicted molar refractivity (Wildman–Crippen MR) is 95.2 cm³/mol. The van der Waals surface area contributed by atoms with Gasteiger partial charge in [-0.05, 0) is 51.0 Å². The zero-order valence-electron chi connectivity index (χ0n) is 13.4. The Morgan fingerprint density at radius 1 is 1.23 bits per heavy atom. The van der Waals surface area contributed by atoms with Gasteiger partial charge in [0.25, 0.3) is 0 Å². The highest BCUT2D eigenvalue weighted by Gasteiger charge is 2.24. The molecule has 0 saturated carbocycles. The third-order valence-electron chi connectivity index (χ3n) is 4.43. The van der Waals surface area contributed by atoms with E-state index in [2.05, 4.69) is 47.9 Å². The first kappa shape index (κ1) is 16.7. The molecule has 2 N–H and O–H groups in total. The van der Waals surface area contributed by atoms with Crippen molar-refractivity contribution in [3.8, 4) is 0 Å². The van der Waals surface area contributed by atoms with Gasteiger partial charge in [-0.2, -0.15) is 0 Å². The number of piperidine rings is 1. The summed E-state index contributed by atoms with van der Waals surface area (Å²) in [5.74, 6) is -0.182. The highest BCUT2D eigenvalue weighted by molar-refractivity contribution is 7.80. The van der Waals surface area contributed by atoms with Gasteiger partial charge >= 0.3 is 0 Å². The van der Waals surface area contributed by atoms with Crippen molar-refractivity contribution in [3.63, 3.8) is 0 Å². The van der Waals surface area contributed by atoms with Crippen LogP contribution in [-0.4, -0.2) is 42.0 Å². The number of likely N-dealkylation sites (tertiary alicyclic amines) is 1. The van der Waals surface area contributed by atoms with Crippen LogP contribution in [0.2, 0.25) is 0 Å². The Balaban J connectivity index is 2.00. The van der Waals surface area contributed by atoms with E-state index in [1.165, 1.54) is 5.69 Å². The van der Waals surface area contributed by atoms with E-state index >= 15 is 0 Å². The van der Waals surface area contributed by atoms with Gasteiger partial charge < -0.3 is 15.5 Å². The third kappa shape index (κ3) is 3.77. The smallest absolute Gasteiger partial charge is 0.220 e. The van der Waals surface area contributed by atoms with E-state index in [1.54, 1.807) is 0 Å². The molecule has 1 saturated heterocycles. The average Bonchev–Trinajstić information content (AvgIpc) is 2.56. The minimum atomic E-state index is -0.186. The van der Waals surface area contributed by atoms with E-state index in [1.807, 2.05) is 0 Å². The second-order valence-corrected chi connectivity index (χ2v) is 6.07. The van der Waals surface area contributed by atoms with Gasteiger partial charge in [-0.1, -0.05) is 12.2 Å². The van der Waals surface area contributed by atoms with Crippen LogP contribution in [0.3, 0.4) is 0 Å². The fourth-order valence-electron chi connectivity index (χ4n) is 2.95. The number of benzene rings is 1. The van der Waals surface area contributed by atoms with Crippen LogP contribution in [0.4, 0.5) is 5.69 Å². The van der Waals surface area contributed by atoms with E-state index in [0.29, 0.717) is 0 Å². The molecule has 0 radical (unpaired) electrons. The van der Waals surface area contributed by atoms with Crippen LogP contribution in [0.1, 0.15) is 32.3 Å². The van der Waals surface area contributed by atoms with Gasteiger partial charge in [0, 0.05) is 43.3 Å². The number of anilines is 1. The molecule has 5 heteroatoms. The molecule has 1 amide bonds. The van der Waals surface area contributed by atoms with Crippen LogP contribution in [0, 0.1) is 5.92 Å². The number of nitrogens with zero attached hydrogens (tertiary/aromatic N) is 2. The maximum atomic E-state index is 11.2. The Morgan fingerprint density at radius 3 is 2.23 bits per heavy atom. The lowest BCUT2D eigenvalue weighted by molar-refractivity contribution is -0.122. The molecule has 1 aromatic carbocycles. The highest BCUT2D eigenvalue weighted by atomic mass is 32.1. The summed E-state index contributed by atoms with van der Waals surface area (Å²) in [6, 6.07) is 8.45. The van der Waals surface area contributed by atoms with Crippen molar-refractivity contribution in [2.45, 2.75) is 26.7 Å². The molecule has 4 nitrogen and oxygen atoms in total. The first-order valence-corrected chi connectivity index (χ1v) is 8.41. The Bertz CT molecular complexity index is 517. The fraction of sp³-hybridized carbons (Fsp3) is 0.529. The maximum absolute atomic E-state index is 11.2. The summed E-state index contributed by atoms with van der Waals surface area (Å²) in [5.41, 5.74) is 7.67. The summed E-state index contributed by atoms with van der Waals surface area (Å²) < 4.78 is 0. The quantitative estimate of drug-likeness (QED) is 0.847. The van der Waals surface area contributed by atoms with Crippen molar-refractivity contribution in [3.05, 3.63) is 29.8 Å². The minimum absolute atomic E-state index is 0.00379. The molecule has 0 aromatic heterocycles. The molecule has 1 aliphatic rings. The van der Waals surface area contributed by atoms with E-state index in [9.17, 15) is 4.79 Å². The second kappa shape index (κ2) is 7.58.